The minimum absolute atomic E-state index is 0.270. The van der Waals surface area contributed by atoms with E-state index in [4.69, 9.17) is 9.47 Å². The van der Waals surface area contributed by atoms with Gasteiger partial charge in [0.2, 0.25) is 0 Å². The van der Waals surface area contributed by atoms with Crippen molar-refractivity contribution >= 4 is 23.7 Å². The van der Waals surface area contributed by atoms with Gasteiger partial charge in [-0.15, -0.1) is 11.8 Å². The number of hydrogen-bond acceptors (Lipinski definition) is 5. The Kier molecular flexibility index (Phi) is 14.3. The van der Waals surface area contributed by atoms with E-state index < -0.39 is 0 Å². The number of ether oxygens (including phenoxy) is 2. The molecule has 35 heavy (non-hydrogen) atoms. The molecule has 0 aliphatic heterocycles. The molecule has 0 saturated heterocycles. The van der Waals surface area contributed by atoms with Crippen molar-refractivity contribution in [2.45, 2.75) is 78.1 Å². The molecule has 188 valence electrons. The van der Waals surface area contributed by atoms with Gasteiger partial charge in [0.1, 0.15) is 11.5 Å². The monoisotopic (exact) mass is 494 g/mol. The van der Waals surface area contributed by atoms with Crippen LogP contribution in [0, 0.1) is 0 Å². The van der Waals surface area contributed by atoms with E-state index in [1.807, 2.05) is 48.5 Å². The average Bonchev–Trinajstić information content (AvgIpc) is 2.83. The van der Waals surface area contributed by atoms with Crippen molar-refractivity contribution in [2.24, 2.45) is 0 Å². The maximum absolute atomic E-state index is 11.2. The summed E-state index contributed by atoms with van der Waals surface area (Å²) >= 11 is 1.73. The lowest BCUT2D eigenvalue weighted by Gasteiger charge is -2.08. The second-order valence-electron chi connectivity index (χ2n) is 8.48. The first-order valence-electron chi connectivity index (χ1n) is 12.5. The first kappa shape index (κ1) is 28.4. The fourth-order valence-electron chi connectivity index (χ4n) is 3.73. The minimum atomic E-state index is -0.270. The topological polar surface area (TPSA) is 52.6 Å². The van der Waals surface area contributed by atoms with Crippen LogP contribution in [0.3, 0.4) is 0 Å². The molecule has 0 aliphatic carbocycles. The minimum Gasteiger partial charge on any atom is -0.426 e. The number of benzene rings is 2. The van der Waals surface area contributed by atoms with E-state index in [1.54, 1.807) is 11.8 Å². The molecule has 0 aromatic heterocycles. The van der Waals surface area contributed by atoms with Crippen molar-refractivity contribution in [1.29, 1.82) is 0 Å². The first-order chi connectivity index (χ1) is 17.1. The van der Waals surface area contributed by atoms with Gasteiger partial charge in [-0.2, -0.15) is 0 Å². The van der Waals surface area contributed by atoms with Crippen molar-refractivity contribution in [2.75, 3.05) is 0 Å². The van der Waals surface area contributed by atoms with Crippen LogP contribution in [0.15, 0.2) is 71.5 Å². The Bertz CT molecular complexity index is 887. The number of rotatable bonds is 16. The summed E-state index contributed by atoms with van der Waals surface area (Å²) in [4.78, 5) is 22.4. The molecule has 5 heteroatoms. The molecule has 0 spiro atoms. The zero-order chi connectivity index (χ0) is 25.1. The molecular weight excluding hydrogens is 456 g/mol. The summed E-state index contributed by atoms with van der Waals surface area (Å²) in [5, 5.41) is 4.33. The first-order valence-corrected chi connectivity index (χ1v) is 13.5. The summed E-state index contributed by atoms with van der Waals surface area (Å²) in [7, 11) is 0. The third kappa shape index (κ3) is 13.0. The van der Waals surface area contributed by atoms with Crippen molar-refractivity contribution in [3.8, 4) is 11.5 Å². The Labute approximate surface area is 214 Å². The lowest BCUT2D eigenvalue weighted by atomic mass is 10.1. The zero-order valence-corrected chi connectivity index (χ0v) is 21.9. The number of esters is 2. The van der Waals surface area contributed by atoms with Gasteiger partial charge in [-0.25, -0.2) is 0 Å². The Balaban J connectivity index is 1.47. The van der Waals surface area contributed by atoms with E-state index in [-0.39, 0.29) is 11.9 Å². The maximum atomic E-state index is 11.2. The predicted molar refractivity (Wildman–Crippen MR) is 146 cm³/mol. The van der Waals surface area contributed by atoms with Gasteiger partial charge in [-0.05, 0) is 85.4 Å². The molecule has 0 radical (unpaired) electrons. The molecule has 0 unspecified atom stereocenters. The SMILES string of the molecule is CC(=O)Oc1ccccc1CCCCCC=CSC=CCCCCCc1ccccc1OC(C)=O. The van der Waals surface area contributed by atoms with Gasteiger partial charge in [-0.1, -0.05) is 61.4 Å². The molecule has 0 N–H and O–H groups in total. The van der Waals surface area contributed by atoms with Gasteiger partial charge in [0.05, 0.1) is 0 Å². The molecule has 0 aliphatic rings. The number of aryl methyl sites for hydroxylation is 2. The predicted octanol–water partition coefficient (Wildman–Crippen LogP) is 8.20. The molecule has 2 aromatic carbocycles. The molecule has 2 rings (SSSR count). The Morgan fingerprint density at radius 2 is 1.09 bits per heavy atom. The second kappa shape index (κ2) is 17.6. The van der Waals surface area contributed by atoms with Crippen LogP contribution >= 0.6 is 11.8 Å². The number of hydrogen-bond donors (Lipinski definition) is 0. The molecule has 0 saturated carbocycles. The van der Waals surface area contributed by atoms with Crippen molar-refractivity contribution in [3.05, 3.63) is 82.6 Å². The second-order valence-corrected chi connectivity index (χ2v) is 9.30. The molecule has 0 fully saturated rings. The number of carbonyl (C=O) groups excluding carboxylic acids is 2. The van der Waals surface area contributed by atoms with E-state index in [9.17, 15) is 9.59 Å². The smallest absolute Gasteiger partial charge is 0.308 e. The standard InChI is InChI=1S/C30H38O4S/c1-25(31)33-29-21-13-11-19-27(29)17-9-5-3-7-15-23-35-24-16-8-4-6-10-18-28-20-12-14-22-30(28)34-26(2)32/h11-16,19-24H,3-10,17-18H2,1-2H3. The quantitative estimate of drug-likeness (QED) is 0.134. The third-order valence-electron chi connectivity index (χ3n) is 5.44. The van der Waals surface area contributed by atoms with Crippen LogP contribution in [0.25, 0.3) is 0 Å². The molecule has 2 aromatic rings. The molecule has 0 amide bonds. The van der Waals surface area contributed by atoms with Crippen LogP contribution in [0.5, 0.6) is 11.5 Å². The third-order valence-corrected chi connectivity index (χ3v) is 6.14. The van der Waals surface area contributed by atoms with Gasteiger partial charge >= 0.3 is 11.9 Å². The van der Waals surface area contributed by atoms with E-state index in [0.717, 1.165) is 75.3 Å². The van der Waals surface area contributed by atoms with E-state index in [0.29, 0.717) is 11.5 Å². The van der Waals surface area contributed by atoms with Gasteiger partial charge in [0.25, 0.3) is 0 Å². The number of unbranched alkanes of at least 4 members (excludes halogenated alkanes) is 6. The highest BCUT2D eigenvalue weighted by atomic mass is 32.2. The highest BCUT2D eigenvalue weighted by Gasteiger charge is 2.06. The van der Waals surface area contributed by atoms with Crippen LogP contribution in [-0.2, 0) is 22.4 Å². The highest BCUT2D eigenvalue weighted by molar-refractivity contribution is 8.04. The molecular formula is C30H38O4S. The fourth-order valence-corrected chi connectivity index (χ4v) is 4.32. The number of para-hydroxylation sites is 2. The van der Waals surface area contributed by atoms with Crippen LogP contribution in [0.4, 0.5) is 0 Å². The van der Waals surface area contributed by atoms with Crippen molar-refractivity contribution in [3.63, 3.8) is 0 Å². The van der Waals surface area contributed by atoms with Gasteiger partial charge in [0.15, 0.2) is 0 Å². The Morgan fingerprint density at radius 1 is 0.657 bits per heavy atom. The Hall–Kier alpha value is -2.79. The van der Waals surface area contributed by atoms with Gasteiger partial charge < -0.3 is 9.47 Å². The summed E-state index contributed by atoms with van der Waals surface area (Å²) in [5.74, 6) is 0.835. The van der Waals surface area contributed by atoms with E-state index in [2.05, 4.69) is 23.0 Å². The number of allylic oxidation sites excluding steroid dienone is 2. The van der Waals surface area contributed by atoms with Gasteiger partial charge in [-0.3, -0.25) is 9.59 Å². The summed E-state index contributed by atoms with van der Waals surface area (Å²) in [6.45, 7) is 2.88. The number of carbonyl (C=O) groups is 2. The zero-order valence-electron chi connectivity index (χ0n) is 21.0. The summed E-state index contributed by atoms with van der Waals surface area (Å²) in [5.41, 5.74) is 2.21. The van der Waals surface area contributed by atoms with Gasteiger partial charge in [0, 0.05) is 13.8 Å². The number of thioether (sulfide) groups is 1. The molecule has 0 atom stereocenters. The van der Waals surface area contributed by atoms with Crippen molar-refractivity contribution in [1.82, 2.24) is 0 Å². The lowest BCUT2D eigenvalue weighted by Crippen LogP contribution is -2.03. The van der Waals surface area contributed by atoms with Crippen LogP contribution in [-0.4, -0.2) is 11.9 Å². The maximum Gasteiger partial charge on any atom is 0.308 e. The summed E-state index contributed by atoms with van der Waals surface area (Å²) < 4.78 is 10.5. The largest absolute Gasteiger partial charge is 0.426 e. The molecule has 4 nitrogen and oxygen atoms in total. The van der Waals surface area contributed by atoms with E-state index >= 15 is 0 Å². The van der Waals surface area contributed by atoms with Crippen LogP contribution in [0.2, 0.25) is 0 Å². The Morgan fingerprint density at radius 3 is 1.51 bits per heavy atom. The van der Waals surface area contributed by atoms with E-state index in [1.165, 1.54) is 13.8 Å². The highest BCUT2D eigenvalue weighted by Crippen LogP contribution is 2.22. The molecule has 0 bridgehead atoms. The lowest BCUT2D eigenvalue weighted by molar-refractivity contribution is -0.132. The summed E-state index contributed by atoms with van der Waals surface area (Å²) in [6, 6.07) is 15.6. The van der Waals surface area contributed by atoms with Crippen LogP contribution in [0.1, 0.15) is 76.3 Å². The van der Waals surface area contributed by atoms with Crippen LogP contribution < -0.4 is 9.47 Å². The van der Waals surface area contributed by atoms with Crippen molar-refractivity contribution < 1.29 is 19.1 Å². The fraction of sp³-hybridized carbons (Fsp3) is 0.400. The average molecular weight is 495 g/mol. The molecule has 0 heterocycles. The normalized spacial score (nSPS) is 11.3. The summed E-state index contributed by atoms with van der Waals surface area (Å²) in [6.07, 6.45) is 15.3.